The smallest absolute Gasteiger partial charge is 0.328 e. The summed E-state index contributed by atoms with van der Waals surface area (Å²) in [6, 6.07) is 7.05. The lowest BCUT2D eigenvalue weighted by molar-refractivity contribution is -0.131. The number of carbonyl (C=O) groups is 2. The van der Waals surface area contributed by atoms with Gasteiger partial charge in [0.15, 0.2) is 0 Å². The second kappa shape index (κ2) is 8.25. The number of hydrogen-bond donors (Lipinski definition) is 2. The molecule has 0 aliphatic heterocycles. The van der Waals surface area contributed by atoms with Crippen molar-refractivity contribution in [1.29, 1.82) is 0 Å². The highest BCUT2D eigenvalue weighted by molar-refractivity contribution is 5.95. The van der Waals surface area contributed by atoms with Gasteiger partial charge >= 0.3 is 5.97 Å². The van der Waals surface area contributed by atoms with E-state index in [0.29, 0.717) is 17.0 Å². The molecule has 1 atom stereocenters. The van der Waals surface area contributed by atoms with Gasteiger partial charge in [0.1, 0.15) is 0 Å². The van der Waals surface area contributed by atoms with E-state index < -0.39 is 5.97 Å². The Morgan fingerprint density at radius 1 is 1.29 bits per heavy atom. The van der Waals surface area contributed by atoms with Crippen LogP contribution in [-0.2, 0) is 4.79 Å². The van der Waals surface area contributed by atoms with E-state index >= 15 is 0 Å². The molecule has 21 heavy (non-hydrogen) atoms. The maximum absolute atomic E-state index is 12.2. The first-order valence-electron chi connectivity index (χ1n) is 7.29. The van der Waals surface area contributed by atoms with Gasteiger partial charge in [0.25, 0.3) is 5.91 Å². The van der Waals surface area contributed by atoms with Crippen LogP contribution in [0, 0.1) is 5.92 Å². The highest BCUT2D eigenvalue weighted by Gasteiger charge is 2.16. The number of carboxylic acid groups (broad SMARTS) is 1. The molecule has 0 aliphatic rings. The lowest BCUT2D eigenvalue weighted by atomic mass is 9.95. The van der Waals surface area contributed by atoms with E-state index in [4.69, 9.17) is 5.11 Å². The summed E-state index contributed by atoms with van der Waals surface area (Å²) >= 11 is 0. The normalized spacial score (nSPS) is 12.6. The van der Waals surface area contributed by atoms with Crippen molar-refractivity contribution in [3.63, 3.8) is 0 Å². The molecule has 0 aliphatic carbocycles. The van der Waals surface area contributed by atoms with Gasteiger partial charge < -0.3 is 10.4 Å². The largest absolute Gasteiger partial charge is 0.478 e. The van der Waals surface area contributed by atoms with Crippen molar-refractivity contribution in [3.8, 4) is 0 Å². The van der Waals surface area contributed by atoms with Crippen molar-refractivity contribution >= 4 is 18.0 Å². The van der Waals surface area contributed by atoms with E-state index in [2.05, 4.69) is 19.2 Å². The van der Waals surface area contributed by atoms with Crippen molar-refractivity contribution in [1.82, 2.24) is 5.32 Å². The van der Waals surface area contributed by atoms with Gasteiger partial charge in [-0.05, 0) is 36.6 Å². The third kappa shape index (κ3) is 5.42. The van der Waals surface area contributed by atoms with E-state index in [9.17, 15) is 9.59 Å². The Kier molecular flexibility index (Phi) is 6.66. The molecule has 0 heterocycles. The van der Waals surface area contributed by atoms with Crippen LogP contribution in [0.4, 0.5) is 0 Å². The Hall–Kier alpha value is -2.10. The molecule has 4 nitrogen and oxygen atoms in total. The Morgan fingerprint density at radius 2 is 1.95 bits per heavy atom. The van der Waals surface area contributed by atoms with Crippen LogP contribution in [0.3, 0.4) is 0 Å². The molecule has 1 unspecified atom stereocenters. The highest BCUT2D eigenvalue weighted by Crippen LogP contribution is 2.14. The molecule has 114 valence electrons. The van der Waals surface area contributed by atoms with Crippen molar-refractivity contribution < 1.29 is 14.7 Å². The summed E-state index contributed by atoms with van der Waals surface area (Å²) < 4.78 is 0. The first kappa shape index (κ1) is 17.0. The summed E-state index contributed by atoms with van der Waals surface area (Å²) in [5, 5.41) is 11.6. The number of carbonyl (C=O) groups excluding carboxylic acids is 1. The molecular weight excluding hydrogens is 266 g/mol. The lowest BCUT2D eigenvalue weighted by Crippen LogP contribution is -2.37. The Labute approximate surface area is 125 Å². The van der Waals surface area contributed by atoms with Gasteiger partial charge in [-0.2, -0.15) is 0 Å². The molecule has 1 rings (SSSR count). The van der Waals surface area contributed by atoms with Crippen molar-refractivity contribution in [2.24, 2.45) is 5.92 Å². The fourth-order valence-corrected chi connectivity index (χ4v) is 2.35. The Bertz CT molecular complexity index is 519. The monoisotopic (exact) mass is 289 g/mol. The molecule has 0 bridgehead atoms. The summed E-state index contributed by atoms with van der Waals surface area (Å²) in [5.74, 6) is -0.670. The number of aliphatic carboxylic acids is 1. The number of hydrogen-bond acceptors (Lipinski definition) is 2. The van der Waals surface area contributed by atoms with Crippen molar-refractivity contribution in [3.05, 3.63) is 41.5 Å². The first-order chi connectivity index (χ1) is 9.97. The molecule has 0 fully saturated rings. The molecule has 0 spiro atoms. The number of benzene rings is 1. The predicted octanol–water partition coefficient (Wildman–Crippen LogP) is 3.34. The maximum atomic E-state index is 12.2. The van der Waals surface area contributed by atoms with E-state index in [1.807, 2.05) is 6.92 Å². The highest BCUT2D eigenvalue weighted by atomic mass is 16.4. The molecule has 4 heteroatoms. The van der Waals surface area contributed by atoms with E-state index in [1.165, 1.54) is 6.08 Å². The Morgan fingerprint density at radius 3 is 2.52 bits per heavy atom. The average molecular weight is 289 g/mol. The quantitative estimate of drug-likeness (QED) is 0.757. The van der Waals surface area contributed by atoms with Gasteiger partial charge in [-0.3, -0.25) is 4.79 Å². The van der Waals surface area contributed by atoms with Crippen LogP contribution in [0.15, 0.2) is 30.3 Å². The van der Waals surface area contributed by atoms with Gasteiger partial charge in [-0.15, -0.1) is 0 Å². The molecule has 2 N–H and O–H groups in total. The number of amides is 1. The molecule has 1 amide bonds. The van der Waals surface area contributed by atoms with Gasteiger partial charge in [0.05, 0.1) is 0 Å². The van der Waals surface area contributed by atoms with Gasteiger partial charge in [-0.1, -0.05) is 38.8 Å². The van der Waals surface area contributed by atoms with Crippen LogP contribution in [-0.4, -0.2) is 23.0 Å². The van der Waals surface area contributed by atoms with E-state index in [1.54, 1.807) is 24.3 Å². The van der Waals surface area contributed by atoms with E-state index in [-0.39, 0.29) is 11.9 Å². The van der Waals surface area contributed by atoms with Crippen LogP contribution >= 0.6 is 0 Å². The predicted molar refractivity (Wildman–Crippen MR) is 84.1 cm³/mol. The van der Waals surface area contributed by atoms with Gasteiger partial charge in [-0.25, -0.2) is 4.79 Å². The van der Waals surface area contributed by atoms with Crippen molar-refractivity contribution in [2.75, 3.05) is 0 Å². The number of nitrogens with one attached hydrogen (secondary N) is 1. The van der Waals surface area contributed by atoms with Crippen LogP contribution in [0.2, 0.25) is 0 Å². The maximum Gasteiger partial charge on any atom is 0.328 e. The second-order valence-electron chi connectivity index (χ2n) is 5.14. The molecule has 0 saturated carbocycles. The minimum Gasteiger partial charge on any atom is -0.478 e. The van der Waals surface area contributed by atoms with E-state index in [0.717, 1.165) is 18.9 Å². The van der Waals surface area contributed by atoms with Crippen LogP contribution in [0.25, 0.3) is 6.08 Å². The summed E-state index contributed by atoms with van der Waals surface area (Å²) in [4.78, 5) is 22.7. The zero-order valence-corrected chi connectivity index (χ0v) is 12.8. The molecule has 0 radical (unpaired) electrons. The number of rotatable bonds is 7. The zero-order chi connectivity index (χ0) is 15.8. The van der Waals surface area contributed by atoms with Gasteiger partial charge in [0, 0.05) is 17.7 Å². The average Bonchev–Trinajstić information content (AvgIpc) is 2.46. The summed E-state index contributed by atoms with van der Waals surface area (Å²) in [7, 11) is 0. The second-order valence-corrected chi connectivity index (χ2v) is 5.14. The first-order valence-corrected chi connectivity index (χ1v) is 7.29. The van der Waals surface area contributed by atoms with Crippen LogP contribution < -0.4 is 5.32 Å². The van der Waals surface area contributed by atoms with Crippen LogP contribution in [0.5, 0.6) is 0 Å². The number of carboxylic acids is 1. The third-order valence-corrected chi connectivity index (χ3v) is 3.68. The molecule has 0 saturated heterocycles. The fourth-order valence-electron chi connectivity index (χ4n) is 2.35. The van der Waals surface area contributed by atoms with Crippen LogP contribution in [0.1, 0.15) is 49.5 Å². The summed E-state index contributed by atoms with van der Waals surface area (Å²) in [6.45, 7) is 6.26. The molecular formula is C17H23NO3. The third-order valence-electron chi connectivity index (χ3n) is 3.68. The zero-order valence-electron chi connectivity index (χ0n) is 12.8. The SMILES string of the molecule is CCC(CC)C(C)NC(=O)c1cccc(C=CC(=O)O)c1. The standard InChI is InChI=1S/C17H23NO3/c1-4-14(5-2)12(3)18-17(21)15-8-6-7-13(11-15)9-10-16(19)20/h6-12,14H,4-5H2,1-3H3,(H,18,21)(H,19,20). The minimum atomic E-state index is -1.01. The summed E-state index contributed by atoms with van der Waals surface area (Å²) in [6.07, 6.45) is 4.59. The topological polar surface area (TPSA) is 66.4 Å². The van der Waals surface area contributed by atoms with Crippen molar-refractivity contribution in [2.45, 2.75) is 39.7 Å². The van der Waals surface area contributed by atoms with Gasteiger partial charge in [0.2, 0.25) is 0 Å². The lowest BCUT2D eigenvalue weighted by Gasteiger charge is -2.22. The summed E-state index contributed by atoms with van der Waals surface area (Å²) in [5.41, 5.74) is 1.24. The molecule has 0 aromatic heterocycles. The fraction of sp³-hybridized carbons (Fsp3) is 0.412. The Balaban J connectivity index is 2.79. The minimum absolute atomic E-state index is 0.116. The molecule has 1 aromatic rings. The molecule has 1 aromatic carbocycles.